The van der Waals surface area contributed by atoms with Gasteiger partial charge in [-0.1, -0.05) is 0 Å². The Morgan fingerprint density at radius 3 is 1.15 bits per heavy atom. The maximum Gasteiger partial charge on any atom is 0.349 e. The minimum Gasteiger partial charge on any atom is -0.466 e. The van der Waals surface area contributed by atoms with Crippen LogP contribution in [-0.4, -0.2) is 242 Å². The number of thioether (sulfide) groups is 2. The van der Waals surface area contributed by atoms with Gasteiger partial charge in [0.05, 0.1) is 44.4 Å². The molecule has 0 unspecified atom stereocenters. The van der Waals surface area contributed by atoms with E-state index in [0.29, 0.717) is 23.5 Å². The summed E-state index contributed by atoms with van der Waals surface area (Å²) in [5.41, 5.74) is -0.871. The molecule has 0 aliphatic carbocycles. The normalized spacial score (nSPS) is 22.4. The molecule has 4 amide bonds. The lowest BCUT2D eigenvalue weighted by molar-refractivity contribution is -0.224. The van der Waals surface area contributed by atoms with Gasteiger partial charge >= 0.3 is 65.7 Å². The zero-order valence-electron chi connectivity index (χ0n) is 53.7. The highest BCUT2D eigenvalue weighted by Crippen LogP contribution is 2.44. The van der Waals surface area contributed by atoms with E-state index >= 15 is 0 Å². The van der Waals surface area contributed by atoms with Crippen molar-refractivity contribution in [2.24, 2.45) is 0 Å². The molecule has 4 N–H and O–H groups in total. The van der Waals surface area contributed by atoms with E-state index in [1.807, 2.05) is 0 Å². The van der Waals surface area contributed by atoms with E-state index in [0.717, 1.165) is 83.5 Å². The molecule has 2 aliphatic rings. The first kappa shape index (κ1) is 79.7. The molecule has 0 aromatic heterocycles. The van der Waals surface area contributed by atoms with Gasteiger partial charge in [-0.15, -0.1) is 23.5 Å². The Balaban J connectivity index is 2.40. The first-order chi connectivity index (χ1) is 42.4. The van der Waals surface area contributed by atoms with Crippen molar-refractivity contribution in [2.45, 2.75) is 192 Å². The van der Waals surface area contributed by atoms with Crippen molar-refractivity contribution in [3.63, 3.8) is 0 Å². The summed E-state index contributed by atoms with van der Waals surface area (Å²) < 4.78 is 71.9. The molecule has 91 heavy (non-hydrogen) atoms. The molecule has 0 radical (unpaired) electrons. The van der Waals surface area contributed by atoms with Crippen LogP contribution in [0.1, 0.15) is 116 Å². The van der Waals surface area contributed by atoms with Crippen LogP contribution < -0.4 is 21.3 Å². The lowest BCUT2D eigenvalue weighted by Gasteiger charge is -2.48. The van der Waals surface area contributed by atoms with Crippen molar-refractivity contribution in [3.05, 3.63) is 0 Å². The number of hydrogen-bond acceptors (Lipinski definition) is 31. The van der Waals surface area contributed by atoms with E-state index in [-0.39, 0.29) is 45.6 Å². The van der Waals surface area contributed by atoms with Gasteiger partial charge in [0.2, 0.25) is 33.5 Å². The van der Waals surface area contributed by atoms with E-state index in [1.165, 1.54) is 0 Å². The number of nitrogens with one attached hydrogen (secondary N) is 4. The first-order valence-electron chi connectivity index (χ1n) is 28.5. The van der Waals surface area contributed by atoms with Crippen molar-refractivity contribution < 1.29 is 133 Å². The highest BCUT2D eigenvalue weighted by molar-refractivity contribution is 8.02. The van der Waals surface area contributed by atoms with Crippen molar-refractivity contribution in [3.8, 4) is 0 Å². The summed E-state index contributed by atoms with van der Waals surface area (Å²) in [7, 11) is 2.00. The number of carbonyl (C=O) groups is 15. The van der Waals surface area contributed by atoms with Crippen LogP contribution >= 0.6 is 23.5 Å². The highest BCUT2D eigenvalue weighted by atomic mass is 32.2. The number of amides is 4. The predicted octanol–water partition coefficient (Wildman–Crippen LogP) is -0.849. The SMILES string of the molecule is COC(=O)[C@@]1(SCC(=O)NCCCN(CCCNC(=O)CS[C@]2(C(=O)OC)C[C@H](OC(C)=O)[C@@H](NC(C)=O)[C@H]([C@@H](OC(C)=O)[C@@H](COC(C)=O)OC(C)=O)O2)CC(=O)OC(C)(C)C)C[C@H](OC(C)=O)[C@@H](NC(C)=O)[C@H]([C@@H](OC(C)=O)[C@@H](COC(C)=O)OC(C)=O)O1. The fourth-order valence-electron chi connectivity index (χ4n) is 9.45. The molecule has 2 saturated heterocycles. The van der Waals surface area contributed by atoms with Crippen molar-refractivity contribution in [2.75, 3.05) is 71.7 Å². The number of nitrogens with zero attached hydrogens (tertiary/aromatic N) is 1. The molecule has 2 rings (SSSR count). The summed E-state index contributed by atoms with van der Waals surface area (Å²) in [6, 6.07) is -2.87. The van der Waals surface area contributed by atoms with Crippen LogP contribution in [0.5, 0.6) is 0 Å². The second-order valence-electron chi connectivity index (χ2n) is 21.7. The summed E-state index contributed by atoms with van der Waals surface area (Å²) in [5, 5.41) is 10.6. The van der Waals surface area contributed by atoms with Crippen LogP contribution in [0.4, 0.5) is 0 Å². The number of ether oxygens (including phenoxy) is 13. The molecular formula is C56H85N5O28S2. The fraction of sp³-hybridized carbons (Fsp3) is 0.732. The fourth-order valence-corrected chi connectivity index (χ4v) is 11.7. The van der Waals surface area contributed by atoms with E-state index in [9.17, 15) is 71.9 Å². The van der Waals surface area contributed by atoms with Crippen LogP contribution in [-0.2, 0) is 133 Å². The maximum absolute atomic E-state index is 13.9. The minimum atomic E-state index is -2.27. The zero-order valence-corrected chi connectivity index (χ0v) is 55.3. The summed E-state index contributed by atoms with van der Waals surface area (Å²) in [5.74, 6) is -13.9. The minimum absolute atomic E-state index is 0.0186. The Morgan fingerprint density at radius 2 is 0.868 bits per heavy atom. The third-order valence-corrected chi connectivity index (χ3v) is 15.2. The summed E-state index contributed by atoms with van der Waals surface area (Å²) in [6.07, 6.45) is -14.0. The molecule has 33 nitrogen and oxygen atoms in total. The van der Waals surface area contributed by atoms with E-state index in [1.54, 1.807) is 25.7 Å². The van der Waals surface area contributed by atoms with Gasteiger partial charge in [-0.05, 0) is 33.6 Å². The summed E-state index contributed by atoms with van der Waals surface area (Å²) in [4.78, 5) is 190. The molecule has 514 valence electrons. The van der Waals surface area contributed by atoms with Crippen molar-refractivity contribution in [1.82, 2.24) is 26.2 Å². The molecule has 0 spiro atoms. The molecule has 0 aromatic rings. The Labute approximate surface area is 534 Å². The quantitative estimate of drug-likeness (QED) is 0.0346. The number of hydrogen-bond donors (Lipinski definition) is 4. The van der Waals surface area contributed by atoms with Gasteiger partial charge in [0.25, 0.3) is 0 Å². The monoisotopic (exact) mass is 1340 g/mol. The Hall–Kier alpha value is -7.37. The van der Waals surface area contributed by atoms with Gasteiger partial charge in [0, 0.05) is 108 Å². The molecule has 12 atom stereocenters. The molecule has 2 aliphatic heterocycles. The van der Waals surface area contributed by atoms with Gasteiger partial charge in [-0.2, -0.15) is 0 Å². The van der Waals surface area contributed by atoms with Gasteiger partial charge in [-0.3, -0.25) is 67.2 Å². The van der Waals surface area contributed by atoms with Crippen molar-refractivity contribution >= 4 is 113 Å². The van der Waals surface area contributed by atoms with Crippen molar-refractivity contribution in [1.29, 1.82) is 0 Å². The van der Waals surface area contributed by atoms with Gasteiger partial charge < -0.3 is 82.8 Å². The molecule has 35 heteroatoms. The second kappa shape index (κ2) is 37.8. The van der Waals surface area contributed by atoms with Crippen LogP contribution in [0, 0.1) is 0 Å². The standard InChI is InChI=1S/C56H85N5O28S2/c1-29(62)59-46-39(81-33(5)66)22-55(52(75)77-14,88-50(46)48(85-37(9)70)41(83-35(7)68)25-79-31(3)64)90-27-43(72)57-18-16-20-61(24-45(74)87-54(11,12)13)21-17-19-58-44(73)28-91-56(53(76)78-15)23-40(82-34(6)67)47(60-30(2)63)51(89-56)49(86-38(10)71)42(84-36(8)69)26-80-32(4)65/h39-42,46-51H,16-28H2,1-15H3,(H,57,72)(H,58,73)(H,59,62)(H,60,63)/t39-,40-,41+,42+,46+,47+,48-,49-,50+,51+,55-,56-/m0/s1. The van der Waals surface area contributed by atoms with Gasteiger partial charge in [-0.25, -0.2) is 9.59 Å². The zero-order chi connectivity index (χ0) is 69.1. The van der Waals surface area contributed by atoms with Crippen LogP contribution in [0.15, 0.2) is 0 Å². The molecular weight excluding hydrogens is 1250 g/mol. The lowest BCUT2D eigenvalue weighted by atomic mass is 9.89. The van der Waals surface area contributed by atoms with E-state index in [2.05, 4.69) is 21.3 Å². The third kappa shape index (κ3) is 28.4. The predicted molar refractivity (Wildman–Crippen MR) is 313 cm³/mol. The van der Waals surface area contributed by atoms with E-state index in [4.69, 9.17) is 61.6 Å². The second-order valence-corrected chi connectivity index (χ2v) is 24.2. The molecule has 0 aromatic carbocycles. The molecule has 0 bridgehead atoms. The molecule has 2 heterocycles. The molecule has 0 saturated carbocycles. The smallest absolute Gasteiger partial charge is 0.349 e. The van der Waals surface area contributed by atoms with E-state index < -0.39 is 203 Å². The average Bonchev–Trinajstić information content (AvgIpc) is 0.769. The van der Waals surface area contributed by atoms with Gasteiger partial charge in [0.1, 0.15) is 43.2 Å². The topological polar surface area (TPSA) is 427 Å². The summed E-state index contributed by atoms with van der Waals surface area (Å²) in [6.45, 7) is 14.0. The number of esters is 11. The Morgan fingerprint density at radius 1 is 0.516 bits per heavy atom. The Bertz CT molecular complexity index is 2460. The number of methoxy groups -OCH3 is 2. The Kier molecular flexibility index (Phi) is 33.1. The number of carbonyl (C=O) groups excluding carboxylic acids is 15. The maximum atomic E-state index is 13.9. The van der Waals surface area contributed by atoms with Crippen LogP contribution in [0.3, 0.4) is 0 Å². The van der Waals surface area contributed by atoms with Gasteiger partial charge in [0.15, 0.2) is 24.4 Å². The lowest BCUT2D eigenvalue weighted by Crippen LogP contribution is -2.68. The van der Waals surface area contributed by atoms with Crippen LogP contribution in [0.25, 0.3) is 0 Å². The highest BCUT2D eigenvalue weighted by Gasteiger charge is 2.60. The summed E-state index contributed by atoms with van der Waals surface area (Å²) >= 11 is 1.16. The van der Waals surface area contributed by atoms with Crippen LogP contribution in [0.2, 0.25) is 0 Å². The largest absolute Gasteiger partial charge is 0.466 e. The third-order valence-electron chi connectivity index (χ3n) is 12.6. The average molecular weight is 1340 g/mol. The molecule has 2 fully saturated rings. The number of rotatable bonds is 34. The first-order valence-corrected chi connectivity index (χ1v) is 30.5.